The summed E-state index contributed by atoms with van der Waals surface area (Å²) < 4.78 is 0. The van der Waals surface area contributed by atoms with Gasteiger partial charge in [0.05, 0.1) is 25.0 Å². The Morgan fingerprint density at radius 2 is 0.930 bits per heavy atom. The third-order valence-corrected chi connectivity index (χ3v) is 15.6. The minimum atomic E-state index is -1.41. The Hall–Kier alpha value is -9.52. The lowest BCUT2D eigenvalue weighted by Crippen LogP contribution is -2.61. The second kappa shape index (κ2) is 30.9. The van der Waals surface area contributed by atoms with E-state index >= 15 is 0 Å². The normalized spacial score (nSPS) is 17.5. The van der Waals surface area contributed by atoms with Crippen molar-refractivity contribution >= 4 is 53.2 Å². The minimum absolute atomic E-state index is 0.0286. The first kappa shape index (κ1) is 62.5. The molecule has 2 saturated heterocycles. The summed E-state index contributed by atoms with van der Waals surface area (Å²) in [6.45, 7) is 4.42. The standard InChI is InChI=1S/C61H75N15O10/c1-3-37(2)52(59(83)74-50(61(85)86)30-43-33-64-36-68-43)75-57(81)47(27-40-19-11-6-12-20-40)70-54(78)45(25-38-15-7-4-8-16-38)69-56(80)48(28-41-31-62-34-66-41)71-55(79)46(26-39-17-9-5-10-18-39)72-58(82)51-22-14-24-76(51)60(84)49(29-42-32-63-35-67-42)73-53(77)44-21-13-23-65-44/h4-12,15-20,31-37,44-52,65H,3,13-14,21-30H2,1-2H3,(H,62,66)(H,63,67)(H,64,68)(H,69,80)(H,70,78)(H,71,79)(H,72,82)(H,73,77)(H,74,83)(H,75,81)(H,85,86)/t37-,44-,45-,46-,47-,48-,49-,50-,51-,52-/m0/s1. The van der Waals surface area contributed by atoms with Crippen molar-refractivity contribution in [3.63, 3.8) is 0 Å². The second-order valence-electron chi connectivity index (χ2n) is 21.8. The van der Waals surface area contributed by atoms with Gasteiger partial charge in [0.2, 0.25) is 47.3 Å². The summed E-state index contributed by atoms with van der Waals surface area (Å²) in [5.41, 5.74) is 3.46. The van der Waals surface area contributed by atoms with Crippen molar-refractivity contribution in [2.24, 2.45) is 5.92 Å². The summed E-state index contributed by atoms with van der Waals surface area (Å²) in [6, 6.07) is 16.0. The second-order valence-corrected chi connectivity index (χ2v) is 21.8. The molecule has 454 valence electrons. The number of nitrogens with zero attached hydrogens (tertiary/aromatic N) is 4. The van der Waals surface area contributed by atoms with Crippen molar-refractivity contribution in [1.29, 1.82) is 0 Å². The van der Waals surface area contributed by atoms with E-state index in [0.717, 1.165) is 6.42 Å². The average molecular weight is 1180 g/mol. The Bertz CT molecular complexity index is 3180. The SMILES string of the molecule is CC[C@H](C)[C@H](NC(=O)[C@H](Cc1ccccc1)NC(=O)[C@H](Cc1ccccc1)NC(=O)[C@H](Cc1cnc[nH]1)NC(=O)[C@H](Cc1ccccc1)NC(=O)[C@@H]1CCCN1C(=O)[C@H](Cc1cnc[nH]1)NC(=O)[C@@H]1CCCN1)C(=O)N[C@@H](Cc1cnc[nH]1)C(=O)O. The molecule has 25 nitrogen and oxygen atoms in total. The highest BCUT2D eigenvalue weighted by Crippen LogP contribution is 2.21. The van der Waals surface area contributed by atoms with Crippen LogP contribution in [-0.2, 0) is 81.7 Å². The van der Waals surface area contributed by atoms with E-state index in [1.165, 1.54) is 36.3 Å². The zero-order valence-electron chi connectivity index (χ0n) is 48.0. The predicted molar refractivity (Wildman–Crippen MR) is 314 cm³/mol. The van der Waals surface area contributed by atoms with Gasteiger partial charge in [0.25, 0.3) is 0 Å². The van der Waals surface area contributed by atoms with E-state index in [9.17, 15) is 48.3 Å². The number of amides is 8. The predicted octanol–water partition coefficient (Wildman–Crippen LogP) is 0.879. The van der Waals surface area contributed by atoms with Crippen LogP contribution in [0.4, 0.5) is 0 Å². The fraction of sp³-hybridized carbons (Fsp3) is 0.410. The van der Waals surface area contributed by atoms with Crippen LogP contribution in [0.25, 0.3) is 0 Å². The van der Waals surface area contributed by atoms with Crippen molar-refractivity contribution in [2.75, 3.05) is 13.1 Å². The van der Waals surface area contributed by atoms with Gasteiger partial charge in [-0.15, -0.1) is 0 Å². The molecule has 2 fully saturated rings. The van der Waals surface area contributed by atoms with Gasteiger partial charge >= 0.3 is 5.97 Å². The van der Waals surface area contributed by atoms with Gasteiger partial charge in [0.15, 0.2) is 0 Å². The van der Waals surface area contributed by atoms with Gasteiger partial charge in [-0.05, 0) is 54.8 Å². The minimum Gasteiger partial charge on any atom is -0.480 e. The molecule has 0 unspecified atom stereocenters. The summed E-state index contributed by atoms with van der Waals surface area (Å²) >= 11 is 0. The number of benzene rings is 3. The molecular weight excluding hydrogens is 1100 g/mol. The number of aromatic nitrogens is 6. The number of carboxylic acids is 1. The first-order chi connectivity index (χ1) is 41.6. The summed E-state index contributed by atoms with van der Waals surface area (Å²) in [5.74, 6) is -7.09. The van der Waals surface area contributed by atoms with E-state index in [2.05, 4.69) is 72.4 Å². The largest absolute Gasteiger partial charge is 0.480 e. The zero-order chi connectivity index (χ0) is 61.0. The summed E-state index contributed by atoms with van der Waals surface area (Å²) in [6.07, 6.45) is 11.0. The molecule has 8 amide bonds. The molecular formula is C61H75N15O10. The molecule has 6 aromatic rings. The highest BCUT2D eigenvalue weighted by molar-refractivity contribution is 5.98. The van der Waals surface area contributed by atoms with Crippen molar-refractivity contribution in [3.05, 3.63) is 162 Å². The molecule has 12 N–H and O–H groups in total. The monoisotopic (exact) mass is 1180 g/mol. The third kappa shape index (κ3) is 17.8. The molecule has 3 aromatic heterocycles. The van der Waals surface area contributed by atoms with Crippen LogP contribution in [0.2, 0.25) is 0 Å². The van der Waals surface area contributed by atoms with E-state index in [0.29, 0.717) is 59.6 Å². The third-order valence-electron chi connectivity index (χ3n) is 15.6. The number of likely N-dealkylation sites (tertiary alicyclic amines) is 1. The number of carbonyl (C=O) groups excluding carboxylic acids is 8. The molecule has 8 rings (SSSR count). The number of hydrogen-bond acceptors (Lipinski definition) is 13. The van der Waals surface area contributed by atoms with Crippen LogP contribution >= 0.6 is 0 Å². The molecule has 0 aliphatic carbocycles. The van der Waals surface area contributed by atoms with Crippen molar-refractivity contribution in [3.8, 4) is 0 Å². The van der Waals surface area contributed by atoms with Gasteiger partial charge in [0, 0.05) is 80.7 Å². The Morgan fingerprint density at radius 1 is 0.512 bits per heavy atom. The first-order valence-corrected chi connectivity index (χ1v) is 29.0. The van der Waals surface area contributed by atoms with Crippen molar-refractivity contribution in [2.45, 2.75) is 139 Å². The van der Waals surface area contributed by atoms with Gasteiger partial charge in [-0.2, -0.15) is 0 Å². The average Bonchev–Trinajstić information content (AvgIpc) is 4.25. The van der Waals surface area contributed by atoms with Gasteiger partial charge in [0.1, 0.15) is 48.3 Å². The number of aromatic amines is 3. The molecule has 0 spiro atoms. The number of H-pyrrole nitrogens is 3. The quantitative estimate of drug-likeness (QED) is 0.0298. The van der Waals surface area contributed by atoms with Gasteiger partial charge in [-0.1, -0.05) is 111 Å². The van der Waals surface area contributed by atoms with E-state index in [1.54, 1.807) is 104 Å². The molecule has 10 atom stereocenters. The maximum atomic E-state index is 15.0. The molecule has 86 heavy (non-hydrogen) atoms. The number of hydrogen-bond donors (Lipinski definition) is 12. The van der Waals surface area contributed by atoms with E-state index < -0.39 is 108 Å². The molecule has 0 saturated carbocycles. The van der Waals surface area contributed by atoms with Crippen molar-refractivity contribution in [1.82, 2.24) is 77.3 Å². The number of imidazole rings is 3. The van der Waals surface area contributed by atoms with Gasteiger partial charge in [-0.3, -0.25) is 38.4 Å². The Kier molecular flexibility index (Phi) is 22.4. The molecule has 3 aromatic carbocycles. The van der Waals surface area contributed by atoms with Crippen LogP contribution in [-0.4, -0.2) is 161 Å². The number of aliphatic carboxylic acids is 1. The summed E-state index contributed by atoms with van der Waals surface area (Å²) in [4.78, 5) is 151. The van der Waals surface area contributed by atoms with Crippen LogP contribution < -0.4 is 42.5 Å². The zero-order valence-corrected chi connectivity index (χ0v) is 48.0. The summed E-state index contributed by atoms with van der Waals surface area (Å²) in [7, 11) is 0. The Balaban J connectivity index is 1.03. The molecule has 0 radical (unpaired) electrons. The fourth-order valence-electron chi connectivity index (χ4n) is 10.6. The number of rotatable bonds is 30. The van der Waals surface area contributed by atoms with Crippen LogP contribution in [0, 0.1) is 5.92 Å². The molecule has 25 heteroatoms. The first-order valence-electron chi connectivity index (χ1n) is 29.0. The van der Waals surface area contributed by atoms with E-state index in [-0.39, 0.29) is 57.4 Å². The maximum absolute atomic E-state index is 15.0. The maximum Gasteiger partial charge on any atom is 0.326 e. The smallest absolute Gasteiger partial charge is 0.326 e. The van der Waals surface area contributed by atoms with Crippen LogP contribution in [0.1, 0.15) is 79.7 Å². The van der Waals surface area contributed by atoms with Gasteiger partial charge < -0.3 is 67.5 Å². The molecule has 2 aliphatic rings. The van der Waals surface area contributed by atoms with Crippen molar-refractivity contribution < 1.29 is 48.3 Å². The lowest BCUT2D eigenvalue weighted by atomic mass is 9.96. The molecule has 0 bridgehead atoms. The topological polar surface area (TPSA) is 359 Å². The van der Waals surface area contributed by atoms with Crippen LogP contribution in [0.5, 0.6) is 0 Å². The van der Waals surface area contributed by atoms with Gasteiger partial charge in [-0.25, -0.2) is 19.7 Å². The Morgan fingerprint density at radius 3 is 1.36 bits per heavy atom. The lowest BCUT2D eigenvalue weighted by molar-refractivity contribution is -0.142. The van der Waals surface area contributed by atoms with Crippen LogP contribution in [0.15, 0.2) is 129 Å². The van der Waals surface area contributed by atoms with E-state index in [1.807, 2.05) is 6.92 Å². The lowest BCUT2D eigenvalue weighted by Gasteiger charge is -2.31. The number of carboxylic acid groups (broad SMARTS) is 1. The Labute approximate surface area is 497 Å². The molecule has 5 heterocycles. The van der Waals surface area contributed by atoms with Crippen LogP contribution in [0.3, 0.4) is 0 Å². The highest BCUT2D eigenvalue weighted by atomic mass is 16.4. The number of carbonyl (C=O) groups is 9. The number of nitrogens with one attached hydrogen (secondary N) is 11. The van der Waals surface area contributed by atoms with E-state index in [4.69, 9.17) is 0 Å². The molecule has 2 aliphatic heterocycles. The summed E-state index contributed by atoms with van der Waals surface area (Å²) in [5, 5.41) is 32.9. The highest BCUT2D eigenvalue weighted by Gasteiger charge is 2.41. The fourth-order valence-corrected chi connectivity index (χ4v) is 10.6.